The van der Waals surface area contributed by atoms with Gasteiger partial charge in [0.1, 0.15) is 12.1 Å². The summed E-state index contributed by atoms with van der Waals surface area (Å²) in [5.41, 5.74) is 1.25. The highest BCUT2D eigenvalue weighted by Crippen LogP contribution is 2.40. The average Bonchev–Trinajstić information content (AvgIpc) is 2.86. The minimum absolute atomic E-state index is 0.00884. The molecule has 0 aliphatic carbocycles. The zero-order valence-electron chi connectivity index (χ0n) is 18.4. The fourth-order valence-corrected chi connectivity index (χ4v) is 6.34. The molecule has 11 heteroatoms. The molecule has 34 heavy (non-hydrogen) atoms. The molecule has 2 atom stereocenters. The molecule has 1 aromatic carbocycles. The van der Waals surface area contributed by atoms with Gasteiger partial charge >= 0.3 is 0 Å². The molecule has 0 spiro atoms. The molecule has 2 aliphatic rings. The van der Waals surface area contributed by atoms with Crippen LogP contribution in [0.15, 0.2) is 64.8 Å². The third-order valence-corrected chi connectivity index (χ3v) is 8.17. The van der Waals surface area contributed by atoms with E-state index in [2.05, 4.69) is 15.3 Å². The number of piperidine rings is 1. The molecule has 2 aliphatic heterocycles. The van der Waals surface area contributed by atoms with Crippen molar-refractivity contribution in [2.75, 3.05) is 25.5 Å². The van der Waals surface area contributed by atoms with Crippen molar-refractivity contribution in [1.29, 1.82) is 0 Å². The summed E-state index contributed by atoms with van der Waals surface area (Å²) in [5, 5.41) is 2.85. The predicted octanol–water partition coefficient (Wildman–Crippen LogP) is 1.71. The predicted molar refractivity (Wildman–Crippen MR) is 123 cm³/mol. The number of pyridine rings is 1. The van der Waals surface area contributed by atoms with E-state index in [1.54, 1.807) is 22.8 Å². The van der Waals surface area contributed by atoms with E-state index in [1.165, 1.54) is 48.3 Å². The maximum atomic E-state index is 13.4. The monoisotopic (exact) mass is 481 g/mol. The quantitative estimate of drug-likeness (QED) is 0.588. The molecule has 1 N–H and O–H groups in total. The Bertz CT molecular complexity index is 1390. The lowest BCUT2D eigenvalue weighted by Gasteiger charge is -2.42. The van der Waals surface area contributed by atoms with Crippen LogP contribution < -0.4 is 15.6 Å². The van der Waals surface area contributed by atoms with E-state index in [9.17, 15) is 18.0 Å². The molecule has 0 unspecified atom stereocenters. The Labute approximate surface area is 196 Å². The molecule has 1 saturated heterocycles. The Morgan fingerprint density at radius 1 is 1.06 bits per heavy atom. The molecule has 5 rings (SSSR count). The van der Waals surface area contributed by atoms with Crippen LogP contribution in [0.25, 0.3) is 0 Å². The van der Waals surface area contributed by atoms with Gasteiger partial charge in [-0.3, -0.25) is 9.59 Å². The molecule has 2 aromatic heterocycles. The van der Waals surface area contributed by atoms with Crippen LogP contribution >= 0.6 is 0 Å². The second-order valence-corrected chi connectivity index (χ2v) is 10.4. The first-order valence-corrected chi connectivity index (χ1v) is 12.2. The number of sulfonamides is 1. The Hall–Kier alpha value is -3.57. The third-order valence-electron chi connectivity index (χ3n) is 6.32. The molecule has 3 aromatic rings. The number of rotatable bonds is 5. The topological polar surface area (TPSA) is 123 Å². The van der Waals surface area contributed by atoms with Crippen LogP contribution in [0.2, 0.25) is 0 Å². The van der Waals surface area contributed by atoms with E-state index < -0.39 is 15.9 Å². The van der Waals surface area contributed by atoms with Crippen LogP contribution in [0.5, 0.6) is 5.75 Å². The minimum Gasteiger partial charge on any atom is -0.497 e. The largest absolute Gasteiger partial charge is 0.497 e. The van der Waals surface area contributed by atoms with Gasteiger partial charge in [0.25, 0.3) is 11.5 Å². The number of nitrogens with one attached hydrogen (secondary N) is 1. The van der Waals surface area contributed by atoms with Gasteiger partial charge in [0, 0.05) is 49.7 Å². The number of aromatic nitrogens is 3. The lowest BCUT2D eigenvalue weighted by molar-refractivity contribution is 0.102. The Morgan fingerprint density at radius 2 is 1.79 bits per heavy atom. The minimum atomic E-state index is -3.73. The van der Waals surface area contributed by atoms with E-state index in [0.29, 0.717) is 30.2 Å². The lowest BCUT2D eigenvalue weighted by atomic mass is 9.83. The van der Waals surface area contributed by atoms with E-state index in [-0.39, 0.29) is 34.4 Å². The van der Waals surface area contributed by atoms with Crippen molar-refractivity contribution in [3.05, 3.63) is 76.7 Å². The van der Waals surface area contributed by atoms with Gasteiger partial charge in [-0.25, -0.2) is 18.4 Å². The van der Waals surface area contributed by atoms with Crippen molar-refractivity contribution in [3.63, 3.8) is 0 Å². The highest BCUT2D eigenvalue weighted by molar-refractivity contribution is 7.89. The van der Waals surface area contributed by atoms with Gasteiger partial charge < -0.3 is 14.6 Å². The van der Waals surface area contributed by atoms with Gasteiger partial charge in [-0.05, 0) is 42.7 Å². The highest BCUT2D eigenvalue weighted by atomic mass is 32.2. The number of benzene rings is 1. The molecule has 1 fully saturated rings. The zero-order valence-corrected chi connectivity index (χ0v) is 19.2. The molecule has 2 bridgehead atoms. The smallest absolute Gasteiger partial charge is 0.258 e. The van der Waals surface area contributed by atoms with E-state index >= 15 is 0 Å². The van der Waals surface area contributed by atoms with Gasteiger partial charge in [-0.2, -0.15) is 4.31 Å². The number of carbonyl (C=O) groups excluding carboxylic acids is 1. The molecule has 1 amide bonds. The van der Waals surface area contributed by atoms with E-state index in [0.717, 1.165) is 6.42 Å². The molecule has 4 heterocycles. The van der Waals surface area contributed by atoms with Crippen LogP contribution in [-0.2, 0) is 16.6 Å². The second-order valence-electron chi connectivity index (χ2n) is 8.46. The third kappa shape index (κ3) is 3.97. The number of hydrogen-bond acceptors (Lipinski definition) is 7. The SMILES string of the molecule is COc1ccc(S(=O)(=O)N2C[C@H]3C[C@H](C2)c2c(NC(=O)c4cncnc4)ccc(=O)n2C3)cc1. The number of nitrogens with zero attached hydrogens (tertiary/aromatic N) is 4. The molecule has 0 radical (unpaired) electrons. The molecule has 10 nitrogen and oxygen atoms in total. The molecule has 176 valence electrons. The van der Waals surface area contributed by atoms with Crippen LogP contribution in [0.1, 0.15) is 28.4 Å². The van der Waals surface area contributed by atoms with Crippen molar-refractivity contribution >= 4 is 21.6 Å². The zero-order chi connectivity index (χ0) is 23.9. The van der Waals surface area contributed by atoms with Crippen molar-refractivity contribution in [2.24, 2.45) is 5.92 Å². The maximum absolute atomic E-state index is 13.4. The summed E-state index contributed by atoms with van der Waals surface area (Å²) in [6.45, 7) is 0.928. The summed E-state index contributed by atoms with van der Waals surface area (Å²) in [6, 6.07) is 9.30. The van der Waals surface area contributed by atoms with Gasteiger partial charge in [0.2, 0.25) is 10.0 Å². The Balaban J connectivity index is 1.47. The summed E-state index contributed by atoms with van der Waals surface area (Å²) in [6.07, 6.45) is 4.88. The van der Waals surface area contributed by atoms with Crippen LogP contribution in [0.4, 0.5) is 5.69 Å². The van der Waals surface area contributed by atoms with E-state index in [4.69, 9.17) is 4.74 Å². The first-order chi connectivity index (χ1) is 16.4. The van der Waals surface area contributed by atoms with Crippen LogP contribution in [0.3, 0.4) is 0 Å². The number of carbonyl (C=O) groups is 1. The van der Waals surface area contributed by atoms with Crippen molar-refractivity contribution in [2.45, 2.75) is 23.8 Å². The second kappa shape index (κ2) is 8.65. The average molecular weight is 482 g/mol. The summed E-state index contributed by atoms with van der Waals surface area (Å²) in [7, 11) is -2.21. The lowest BCUT2D eigenvalue weighted by Crippen LogP contribution is -2.49. The van der Waals surface area contributed by atoms with Crippen molar-refractivity contribution in [3.8, 4) is 5.75 Å². The summed E-state index contributed by atoms with van der Waals surface area (Å²) >= 11 is 0. The highest BCUT2D eigenvalue weighted by Gasteiger charge is 2.40. The fraction of sp³-hybridized carbons (Fsp3) is 0.304. The maximum Gasteiger partial charge on any atom is 0.258 e. The molecule has 0 saturated carbocycles. The summed E-state index contributed by atoms with van der Waals surface area (Å²) in [5.74, 6) is -0.0724. The number of anilines is 1. The van der Waals surface area contributed by atoms with Crippen molar-refractivity contribution in [1.82, 2.24) is 18.8 Å². The standard InChI is InChI=1S/C23H23N5O5S/c1-33-18-2-4-19(5-3-18)34(31,32)27-11-15-8-16(13-27)22-20(6-7-21(29)28(22)12-15)26-23(30)17-9-24-14-25-10-17/h2-7,9-10,14-16H,8,11-13H2,1H3,(H,26,30)/t15-,16-/m1/s1. The van der Waals surface area contributed by atoms with Gasteiger partial charge in [-0.15, -0.1) is 0 Å². The molecular formula is C23H23N5O5S. The Kier molecular flexibility index (Phi) is 5.66. The molecular weight excluding hydrogens is 458 g/mol. The van der Waals surface area contributed by atoms with Crippen LogP contribution in [0, 0.1) is 5.92 Å². The van der Waals surface area contributed by atoms with Crippen LogP contribution in [-0.4, -0.2) is 53.4 Å². The number of amides is 1. The normalized spacial score (nSPS) is 19.8. The summed E-state index contributed by atoms with van der Waals surface area (Å²) in [4.78, 5) is 33.3. The number of fused-ring (bicyclic) bond motifs is 4. The van der Waals surface area contributed by atoms with Gasteiger partial charge in [0.15, 0.2) is 0 Å². The van der Waals surface area contributed by atoms with Gasteiger partial charge in [0.05, 0.1) is 23.3 Å². The number of methoxy groups -OCH3 is 1. The number of hydrogen-bond donors (Lipinski definition) is 1. The Morgan fingerprint density at radius 3 is 2.50 bits per heavy atom. The number of ether oxygens (including phenoxy) is 1. The van der Waals surface area contributed by atoms with Crippen molar-refractivity contribution < 1.29 is 17.9 Å². The van der Waals surface area contributed by atoms with E-state index in [1.807, 2.05) is 0 Å². The summed E-state index contributed by atoms with van der Waals surface area (Å²) < 4.78 is 35.0. The van der Waals surface area contributed by atoms with Gasteiger partial charge in [-0.1, -0.05) is 0 Å². The first-order valence-electron chi connectivity index (χ1n) is 10.8. The fourth-order valence-electron chi connectivity index (χ4n) is 4.78. The first kappa shape index (κ1) is 22.2.